The van der Waals surface area contributed by atoms with Gasteiger partial charge in [-0.3, -0.25) is 4.79 Å². The van der Waals surface area contributed by atoms with Gasteiger partial charge in [0, 0.05) is 18.5 Å². The van der Waals surface area contributed by atoms with Gasteiger partial charge in [0.05, 0.1) is 13.2 Å². The van der Waals surface area contributed by atoms with E-state index in [1.807, 2.05) is 97.1 Å². The molecule has 0 fully saturated rings. The maximum Gasteiger partial charge on any atom is 0.251 e. The predicted molar refractivity (Wildman–Crippen MR) is 133 cm³/mol. The van der Waals surface area contributed by atoms with Crippen LogP contribution in [0.25, 0.3) is 0 Å². The molecule has 0 unspecified atom stereocenters. The van der Waals surface area contributed by atoms with E-state index in [-0.39, 0.29) is 5.91 Å². The lowest BCUT2D eigenvalue weighted by atomic mass is 10.2. The first-order valence-electron chi connectivity index (χ1n) is 11.3. The minimum Gasteiger partial charge on any atom is -0.493 e. The van der Waals surface area contributed by atoms with Crippen LogP contribution in [0.4, 0.5) is 0 Å². The first-order chi connectivity index (χ1) is 16.8. The summed E-state index contributed by atoms with van der Waals surface area (Å²) in [6.07, 6.45) is 0.747. The zero-order chi connectivity index (χ0) is 23.4. The summed E-state index contributed by atoms with van der Waals surface area (Å²) in [5.74, 6) is 3.03. The third kappa shape index (κ3) is 7.14. The van der Waals surface area contributed by atoms with Crippen LogP contribution < -0.4 is 19.5 Å². The minimum absolute atomic E-state index is 0.0938. The van der Waals surface area contributed by atoms with Gasteiger partial charge in [-0.2, -0.15) is 0 Å². The fourth-order valence-electron chi connectivity index (χ4n) is 3.29. The largest absolute Gasteiger partial charge is 0.493 e. The van der Waals surface area contributed by atoms with Crippen molar-refractivity contribution in [3.05, 3.63) is 120 Å². The van der Waals surface area contributed by atoms with Crippen LogP contribution in [0.3, 0.4) is 0 Å². The first kappa shape index (κ1) is 22.9. The van der Waals surface area contributed by atoms with Crippen LogP contribution in [0.15, 0.2) is 109 Å². The molecule has 4 aromatic rings. The van der Waals surface area contributed by atoms with Gasteiger partial charge in [-0.25, -0.2) is 0 Å². The monoisotopic (exact) mass is 453 g/mol. The number of nitrogens with one attached hydrogen (secondary N) is 1. The molecule has 1 amide bonds. The third-order valence-corrected chi connectivity index (χ3v) is 5.02. The second-order valence-electron chi connectivity index (χ2n) is 7.63. The maximum absolute atomic E-state index is 12.2. The first-order valence-corrected chi connectivity index (χ1v) is 11.3. The van der Waals surface area contributed by atoms with Crippen molar-refractivity contribution in [1.29, 1.82) is 0 Å². The highest BCUT2D eigenvalue weighted by molar-refractivity contribution is 5.94. The zero-order valence-corrected chi connectivity index (χ0v) is 18.9. The van der Waals surface area contributed by atoms with Crippen LogP contribution in [0.1, 0.15) is 22.3 Å². The molecule has 0 aliphatic heterocycles. The highest BCUT2D eigenvalue weighted by Gasteiger charge is 2.05. The molecule has 0 saturated carbocycles. The van der Waals surface area contributed by atoms with Crippen LogP contribution in [0, 0.1) is 0 Å². The van der Waals surface area contributed by atoms with Gasteiger partial charge in [-0.1, -0.05) is 48.5 Å². The molecule has 0 saturated heterocycles. The lowest BCUT2D eigenvalue weighted by molar-refractivity contribution is 0.0951. The van der Waals surface area contributed by atoms with E-state index in [2.05, 4.69) is 5.32 Å². The minimum atomic E-state index is -0.0938. The van der Waals surface area contributed by atoms with Crippen molar-refractivity contribution in [3.8, 4) is 23.0 Å². The Morgan fingerprint density at radius 3 is 1.94 bits per heavy atom. The Hall–Kier alpha value is -4.25. The average Bonchev–Trinajstić information content (AvgIpc) is 2.89. The Kier molecular flexibility index (Phi) is 8.17. The predicted octanol–water partition coefficient (Wildman–Crippen LogP) is 6.26. The Morgan fingerprint density at radius 1 is 0.618 bits per heavy atom. The summed E-state index contributed by atoms with van der Waals surface area (Å²) in [6.45, 7) is 1.53. The molecule has 0 atom stereocenters. The lowest BCUT2D eigenvalue weighted by Gasteiger charge is -2.10. The Labute approximate surface area is 199 Å². The second-order valence-corrected chi connectivity index (χ2v) is 7.63. The molecule has 0 aromatic heterocycles. The van der Waals surface area contributed by atoms with Crippen LogP contribution in [-0.4, -0.2) is 19.1 Å². The number of benzene rings is 4. The van der Waals surface area contributed by atoms with Gasteiger partial charge in [0.1, 0.15) is 23.0 Å². The van der Waals surface area contributed by atoms with Gasteiger partial charge >= 0.3 is 0 Å². The van der Waals surface area contributed by atoms with Crippen LogP contribution in [0.5, 0.6) is 23.0 Å². The zero-order valence-electron chi connectivity index (χ0n) is 18.9. The number of rotatable bonds is 11. The smallest absolute Gasteiger partial charge is 0.251 e. The molecule has 4 rings (SSSR count). The average molecular weight is 454 g/mol. The molecule has 4 aromatic carbocycles. The number of amides is 1. The molecule has 0 radical (unpaired) electrons. The van der Waals surface area contributed by atoms with Crippen molar-refractivity contribution in [2.24, 2.45) is 0 Å². The summed E-state index contributed by atoms with van der Waals surface area (Å²) in [5, 5.41) is 2.93. The Balaban J connectivity index is 1.15. The fourth-order valence-corrected chi connectivity index (χ4v) is 3.29. The fraction of sp³-hybridized carbons (Fsp3) is 0.138. The van der Waals surface area contributed by atoms with E-state index in [9.17, 15) is 4.79 Å². The maximum atomic E-state index is 12.2. The molecule has 5 nitrogen and oxygen atoms in total. The van der Waals surface area contributed by atoms with Crippen molar-refractivity contribution < 1.29 is 19.0 Å². The van der Waals surface area contributed by atoms with Crippen LogP contribution in [0.2, 0.25) is 0 Å². The van der Waals surface area contributed by atoms with E-state index in [1.54, 1.807) is 12.1 Å². The molecular weight excluding hydrogens is 426 g/mol. The van der Waals surface area contributed by atoms with E-state index in [4.69, 9.17) is 14.2 Å². The van der Waals surface area contributed by atoms with E-state index in [1.165, 1.54) is 0 Å². The topological polar surface area (TPSA) is 56.8 Å². The number of carbonyl (C=O) groups is 1. The summed E-state index contributed by atoms with van der Waals surface area (Å²) >= 11 is 0. The van der Waals surface area contributed by atoms with Crippen molar-refractivity contribution in [2.75, 3.05) is 13.2 Å². The van der Waals surface area contributed by atoms with Crippen molar-refractivity contribution in [1.82, 2.24) is 5.32 Å². The highest BCUT2D eigenvalue weighted by Crippen LogP contribution is 2.23. The number of carbonyl (C=O) groups excluding carboxylic acids is 1. The number of hydrogen-bond donors (Lipinski definition) is 1. The summed E-state index contributed by atoms with van der Waals surface area (Å²) in [7, 11) is 0. The Bertz CT molecular complexity index is 1160. The molecule has 34 heavy (non-hydrogen) atoms. The Morgan fingerprint density at radius 2 is 1.21 bits per heavy atom. The molecule has 172 valence electrons. The molecule has 0 aliphatic rings. The standard InChI is InChI=1S/C29H27NO4/c31-29(24-10-3-1-4-11-24)30-22-23-9-7-14-28(21-23)33-20-8-19-32-25-15-17-27(18-16-25)34-26-12-5-2-6-13-26/h1-7,9-18,21H,8,19-20,22H2,(H,30,31). The molecule has 1 N–H and O–H groups in total. The number of ether oxygens (including phenoxy) is 3. The van der Waals surface area contributed by atoms with Gasteiger partial charge in [0.2, 0.25) is 0 Å². The van der Waals surface area contributed by atoms with E-state index in [0.717, 1.165) is 35.0 Å². The summed E-state index contributed by atoms with van der Waals surface area (Å²) in [4.78, 5) is 12.2. The summed E-state index contributed by atoms with van der Waals surface area (Å²) in [6, 6.07) is 34.2. The van der Waals surface area contributed by atoms with Crippen LogP contribution >= 0.6 is 0 Å². The van der Waals surface area contributed by atoms with E-state index in [0.29, 0.717) is 25.3 Å². The highest BCUT2D eigenvalue weighted by atomic mass is 16.5. The van der Waals surface area contributed by atoms with Crippen molar-refractivity contribution >= 4 is 5.91 Å². The normalized spacial score (nSPS) is 10.4. The quantitative estimate of drug-likeness (QED) is 0.273. The molecule has 0 spiro atoms. The van der Waals surface area contributed by atoms with E-state index >= 15 is 0 Å². The SMILES string of the molecule is O=C(NCc1cccc(OCCCOc2ccc(Oc3ccccc3)cc2)c1)c1ccccc1. The molecule has 0 bridgehead atoms. The second kappa shape index (κ2) is 12.1. The number of para-hydroxylation sites is 1. The van der Waals surface area contributed by atoms with Gasteiger partial charge in [0.15, 0.2) is 0 Å². The van der Waals surface area contributed by atoms with Gasteiger partial charge < -0.3 is 19.5 Å². The molecule has 5 heteroatoms. The molecule has 0 aliphatic carbocycles. The van der Waals surface area contributed by atoms with Crippen LogP contribution in [-0.2, 0) is 6.54 Å². The van der Waals surface area contributed by atoms with E-state index < -0.39 is 0 Å². The van der Waals surface area contributed by atoms with Gasteiger partial charge in [-0.05, 0) is 66.2 Å². The number of hydrogen-bond acceptors (Lipinski definition) is 4. The van der Waals surface area contributed by atoms with Crippen molar-refractivity contribution in [3.63, 3.8) is 0 Å². The summed E-state index contributed by atoms with van der Waals surface area (Å²) in [5.41, 5.74) is 1.63. The van der Waals surface area contributed by atoms with Crippen molar-refractivity contribution in [2.45, 2.75) is 13.0 Å². The van der Waals surface area contributed by atoms with Gasteiger partial charge in [0.25, 0.3) is 5.91 Å². The third-order valence-electron chi connectivity index (χ3n) is 5.02. The van der Waals surface area contributed by atoms with Gasteiger partial charge in [-0.15, -0.1) is 0 Å². The molecule has 0 heterocycles. The lowest BCUT2D eigenvalue weighted by Crippen LogP contribution is -2.22. The summed E-state index contributed by atoms with van der Waals surface area (Å²) < 4.78 is 17.4. The molecular formula is C29H27NO4.